The molecule has 2 unspecified atom stereocenters. The van der Waals surface area contributed by atoms with E-state index in [4.69, 9.17) is 0 Å². The molecule has 1 aliphatic carbocycles. The standard InChI is InChI=1S/C20H34N4O/c1-14(19-15(2)22-23(4)16(19)3)21-20(25)24-12-8-11-18(24)13-17-9-6-5-7-10-17/h14,17-18H,5-13H2,1-4H3,(H,21,25). The molecule has 2 heterocycles. The number of amides is 2. The van der Waals surface area contributed by atoms with Crippen LogP contribution in [0.5, 0.6) is 0 Å². The molecule has 0 bridgehead atoms. The van der Waals surface area contributed by atoms with E-state index < -0.39 is 0 Å². The summed E-state index contributed by atoms with van der Waals surface area (Å²) in [6.45, 7) is 7.06. The van der Waals surface area contributed by atoms with Crippen LogP contribution < -0.4 is 5.32 Å². The van der Waals surface area contributed by atoms with E-state index >= 15 is 0 Å². The molecule has 1 saturated carbocycles. The second-order valence-electron chi connectivity index (χ2n) is 8.11. The summed E-state index contributed by atoms with van der Waals surface area (Å²) in [5, 5.41) is 7.71. The summed E-state index contributed by atoms with van der Waals surface area (Å²) in [7, 11) is 1.96. The van der Waals surface area contributed by atoms with Crippen LogP contribution in [0.15, 0.2) is 0 Å². The number of rotatable bonds is 4. The highest BCUT2D eigenvalue weighted by atomic mass is 16.2. The average molecular weight is 347 g/mol. The van der Waals surface area contributed by atoms with Gasteiger partial charge in [-0.1, -0.05) is 32.1 Å². The number of aryl methyl sites for hydroxylation is 2. The third-order valence-electron chi connectivity index (χ3n) is 6.31. The third-order valence-corrected chi connectivity index (χ3v) is 6.31. The maximum absolute atomic E-state index is 12.9. The van der Waals surface area contributed by atoms with Gasteiger partial charge in [-0.05, 0) is 46.0 Å². The van der Waals surface area contributed by atoms with E-state index in [-0.39, 0.29) is 12.1 Å². The lowest BCUT2D eigenvalue weighted by atomic mass is 9.84. The maximum atomic E-state index is 12.9. The third kappa shape index (κ3) is 4.01. The van der Waals surface area contributed by atoms with Gasteiger partial charge in [-0.15, -0.1) is 0 Å². The van der Waals surface area contributed by atoms with Gasteiger partial charge in [0.25, 0.3) is 0 Å². The van der Waals surface area contributed by atoms with Crippen molar-refractivity contribution in [1.29, 1.82) is 0 Å². The van der Waals surface area contributed by atoms with Gasteiger partial charge in [0.05, 0.1) is 11.7 Å². The van der Waals surface area contributed by atoms with Crippen LogP contribution in [0.1, 0.15) is 81.3 Å². The normalized spacial score (nSPS) is 23.0. The lowest BCUT2D eigenvalue weighted by molar-refractivity contribution is 0.175. The molecule has 5 nitrogen and oxygen atoms in total. The molecule has 25 heavy (non-hydrogen) atoms. The number of nitrogens with one attached hydrogen (secondary N) is 1. The van der Waals surface area contributed by atoms with Crippen molar-refractivity contribution in [2.75, 3.05) is 6.54 Å². The minimum absolute atomic E-state index is 0.00266. The summed E-state index contributed by atoms with van der Waals surface area (Å²) in [4.78, 5) is 15.0. The summed E-state index contributed by atoms with van der Waals surface area (Å²) in [5.41, 5.74) is 3.29. The fraction of sp³-hybridized carbons (Fsp3) is 0.800. The molecule has 0 aromatic carbocycles. The molecule has 0 radical (unpaired) electrons. The van der Waals surface area contributed by atoms with Gasteiger partial charge in [0.2, 0.25) is 0 Å². The Balaban J connectivity index is 1.61. The number of carbonyl (C=O) groups is 1. The molecule has 140 valence electrons. The van der Waals surface area contributed by atoms with Crippen LogP contribution in [-0.2, 0) is 7.05 Å². The van der Waals surface area contributed by atoms with E-state index in [1.54, 1.807) is 0 Å². The number of hydrogen-bond donors (Lipinski definition) is 1. The number of hydrogen-bond acceptors (Lipinski definition) is 2. The molecule has 5 heteroatoms. The van der Waals surface area contributed by atoms with Crippen molar-refractivity contribution in [2.24, 2.45) is 13.0 Å². The Hall–Kier alpha value is -1.52. The Morgan fingerprint density at radius 1 is 1.20 bits per heavy atom. The van der Waals surface area contributed by atoms with E-state index in [0.29, 0.717) is 6.04 Å². The van der Waals surface area contributed by atoms with Gasteiger partial charge >= 0.3 is 6.03 Å². The first-order valence-corrected chi connectivity index (χ1v) is 10.0. The molecule has 2 amide bonds. The van der Waals surface area contributed by atoms with Crippen LogP contribution in [0.3, 0.4) is 0 Å². The van der Waals surface area contributed by atoms with E-state index in [9.17, 15) is 4.79 Å². The molecule has 1 aromatic heterocycles. The molecule has 0 spiro atoms. The summed E-state index contributed by atoms with van der Waals surface area (Å²) < 4.78 is 1.90. The van der Waals surface area contributed by atoms with E-state index in [1.165, 1.54) is 44.9 Å². The van der Waals surface area contributed by atoms with Crippen molar-refractivity contribution in [3.63, 3.8) is 0 Å². The fourth-order valence-corrected chi connectivity index (χ4v) is 4.91. The van der Waals surface area contributed by atoms with Gasteiger partial charge in [0.1, 0.15) is 0 Å². The van der Waals surface area contributed by atoms with Gasteiger partial charge in [-0.2, -0.15) is 5.10 Å². The van der Waals surface area contributed by atoms with Crippen molar-refractivity contribution in [2.45, 2.75) is 84.2 Å². The molecule has 2 atom stereocenters. The zero-order valence-electron chi connectivity index (χ0n) is 16.3. The van der Waals surface area contributed by atoms with Crippen LogP contribution in [0, 0.1) is 19.8 Å². The molecule has 1 saturated heterocycles. The Morgan fingerprint density at radius 3 is 2.56 bits per heavy atom. The highest BCUT2D eigenvalue weighted by molar-refractivity contribution is 5.75. The molecule has 1 N–H and O–H groups in total. The quantitative estimate of drug-likeness (QED) is 0.886. The average Bonchev–Trinajstić information content (AvgIpc) is 3.13. The van der Waals surface area contributed by atoms with Crippen molar-refractivity contribution >= 4 is 6.03 Å². The van der Waals surface area contributed by atoms with Crippen LogP contribution in [0.4, 0.5) is 4.79 Å². The van der Waals surface area contributed by atoms with Crippen LogP contribution in [0.25, 0.3) is 0 Å². The van der Waals surface area contributed by atoms with Crippen molar-refractivity contribution in [3.05, 3.63) is 17.0 Å². The highest BCUT2D eigenvalue weighted by Gasteiger charge is 2.32. The van der Waals surface area contributed by atoms with E-state index in [2.05, 4.69) is 29.2 Å². The summed E-state index contributed by atoms with van der Waals surface area (Å²) in [5.74, 6) is 0.826. The van der Waals surface area contributed by atoms with Gasteiger partial charge in [0.15, 0.2) is 0 Å². The van der Waals surface area contributed by atoms with Crippen molar-refractivity contribution < 1.29 is 4.79 Å². The lowest BCUT2D eigenvalue weighted by Gasteiger charge is -2.31. The van der Waals surface area contributed by atoms with Gasteiger partial charge in [0, 0.05) is 30.9 Å². The molecule has 3 rings (SSSR count). The second-order valence-corrected chi connectivity index (χ2v) is 8.11. The monoisotopic (exact) mass is 346 g/mol. The number of urea groups is 1. The van der Waals surface area contributed by atoms with Gasteiger partial charge < -0.3 is 10.2 Å². The smallest absolute Gasteiger partial charge is 0.318 e. The summed E-state index contributed by atoms with van der Waals surface area (Å²) >= 11 is 0. The van der Waals surface area contributed by atoms with Crippen LogP contribution in [-0.4, -0.2) is 33.3 Å². The largest absolute Gasteiger partial charge is 0.331 e. The fourth-order valence-electron chi connectivity index (χ4n) is 4.91. The lowest BCUT2D eigenvalue weighted by Crippen LogP contribution is -2.44. The van der Waals surface area contributed by atoms with Crippen LogP contribution >= 0.6 is 0 Å². The molecule has 2 aliphatic rings. The van der Waals surface area contributed by atoms with Crippen molar-refractivity contribution in [3.8, 4) is 0 Å². The molecule has 2 fully saturated rings. The molecular weight excluding hydrogens is 312 g/mol. The molecule has 1 aromatic rings. The Bertz CT molecular complexity index is 603. The predicted octanol–water partition coefficient (Wildman–Crippen LogP) is 4.24. The highest BCUT2D eigenvalue weighted by Crippen LogP contribution is 2.32. The first-order valence-electron chi connectivity index (χ1n) is 10.0. The van der Waals surface area contributed by atoms with E-state index in [1.807, 2.05) is 18.7 Å². The summed E-state index contributed by atoms with van der Waals surface area (Å²) in [6.07, 6.45) is 10.4. The number of aromatic nitrogens is 2. The van der Waals surface area contributed by atoms with E-state index in [0.717, 1.165) is 35.8 Å². The SMILES string of the molecule is Cc1nn(C)c(C)c1C(C)NC(=O)N1CCCC1CC1CCCCC1. The van der Waals surface area contributed by atoms with Gasteiger partial charge in [-0.25, -0.2) is 4.79 Å². The zero-order chi connectivity index (χ0) is 18.0. The maximum Gasteiger partial charge on any atom is 0.318 e. The van der Waals surface area contributed by atoms with Crippen molar-refractivity contribution in [1.82, 2.24) is 20.0 Å². The Morgan fingerprint density at radius 2 is 1.92 bits per heavy atom. The van der Waals surface area contributed by atoms with Gasteiger partial charge in [-0.3, -0.25) is 4.68 Å². The number of likely N-dealkylation sites (tertiary alicyclic amines) is 1. The molecular formula is C20H34N4O. The minimum Gasteiger partial charge on any atom is -0.331 e. The zero-order valence-corrected chi connectivity index (χ0v) is 16.3. The Labute approximate surface area is 152 Å². The second kappa shape index (κ2) is 7.79. The molecule has 1 aliphatic heterocycles. The number of nitrogens with zero attached hydrogens (tertiary/aromatic N) is 3. The number of carbonyl (C=O) groups excluding carboxylic acids is 1. The topological polar surface area (TPSA) is 50.2 Å². The first-order chi connectivity index (χ1) is 12.0. The first kappa shape index (κ1) is 18.3. The Kier molecular flexibility index (Phi) is 5.70. The minimum atomic E-state index is -0.00266. The van der Waals surface area contributed by atoms with Crippen LogP contribution in [0.2, 0.25) is 0 Å². The summed E-state index contributed by atoms with van der Waals surface area (Å²) in [6, 6.07) is 0.539. The predicted molar refractivity (Wildman–Crippen MR) is 101 cm³/mol.